The average Bonchev–Trinajstić information content (AvgIpc) is 2.48. The van der Waals surface area contributed by atoms with Gasteiger partial charge < -0.3 is 9.53 Å². The van der Waals surface area contributed by atoms with Crippen LogP contribution in [-0.2, 0) is 16.6 Å². The molecule has 0 bridgehead atoms. The summed E-state index contributed by atoms with van der Waals surface area (Å²) in [6, 6.07) is 15.9. The zero-order chi connectivity index (χ0) is 14.6. The van der Waals surface area contributed by atoms with Crippen LogP contribution >= 0.6 is 0 Å². The number of rotatable bonds is 5. The monoisotopic (exact) mass is 268 g/mol. The molecule has 0 amide bonds. The summed E-state index contributed by atoms with van der Waals surface area (Å²) >= 11 is 0. The van der Waals surface area contributed by atoms with Crippen LogP contribution < -0.4 is 4.74 Å². The van der Waals surface area contributed by atoms with E-state index >= 15 is 0 Å². The topological polar surface area (TPSA) is 26.3 Å². The SMILES string of the molecule is COc1ccc(CC(C)(C=O)c2ccccc2C)cc1. The molecule has 0 fully saturated rings. The third kappa shape index (κ3) is 2.90. The Labute approximate surface area is 120 Å². The van der Waals surface area contributed by atoms with E-state index in [-0.39, 0.29) is 0 Å². The van der Waals surface area contributed by atoms with Gasteiger partial charge in [0.2, 0.25) is 0 Å². The van der Waals surface area contributed by atoms with Crippen LogP contribution in [0.1, 0.15) is 23.6 Å². The first-order valence-corrected chi connectivity index (χ1v) is 6.74. The summed E-state index contributed by atoms with van der Waals surface area (Å²) in [6.07, 6.45) is 1.74. The Bertz CT molecular complexity index is 587. The minimum atomic E-state index is -0.500. The normalized spacial score (nSPS) is 13.6. The molecule has 2 rings (SSSR count). The molecule has 2 aromatic carbocycles. The van der Waals surface area contributed by atoms with Crippen molar-refractivity contribution in [1.29, 1.82) is 0 Å². The van der Waals surface area contributed by atoms with Gasteiger partial charge in [0.25, 0.3) is 0 Å². The Kier molecular flexibility index (Phi) is 4.23. The van der Waals surface area contributed by atoms with Crippen LogP contribution in [0.25, 0.3) is 0 Å². The number of aldehydes is 1. The summed E-state index contributed by atoms with van der Waals surface area (Å²) in [7, 11) is 1.65. The van der Waals surface area contributed by atoms with Crippen molar-refractivity contribution in [2.45, 2.75) is 25.7 Å². The molecular formula is C18H20O2. The molecule has 0 radical (unpaired) electrons. The number of carbonyl (C=O) groups excluding carboxylic acids is 1. The van der Waals surface area contributed by atoms with Crippen molar-refractivity contribution >= 4 is 6.29 Å². The quantitative estimate of drug-likeness (QED) is 0.773. The highest BCUT2D eigenvalue weighted by Gasteiger charge is 2.27. The summed E-state index contributed by atoms with van der Waals surface area (Å²) in [6.45, 7) is 4.04. The number of methoxy groups -OCH3 is 1. The van der Waals surface area contributed by atoms with Crippen LogP contribution in [0, 0.1) is 6.92 Å². The molecular weight excluding hydrogens is 248 g/mol. The van der Waals surface area contributed by atoms with E-state index in [9.17, 15) is 4.79 Å². The first kappa shape index (κ1) is 14.3. The smallest absolute Gasteiger partial charge is 0.130 e. The van der Waals surface area contributed by atoms with Crippen LogP contribution in [-0.4, -0.2) is 13.4 Å². The highest BCUT2D eigenvalue weighted by atomic mass is 16.5. The fourth-order valence-corrected chi connectivity index (χ4v) is 2.58. The molecule has 0 saturated carbocycles. The Morgan fingerprint density at radius 3 is 2.30 bits per heavy atom. The van der Waals surface area contributed by atoms with E-state index in [4.69, 9.17) is 4.74 Å². The van der Waals surface area contributed by atoms with Crippen LogP contribution in [0.3, 0.4) is 0 Å². The minimum absolute atomic E-state index is 0.500. The molecule has 104 valence electrons. The van der Waals surface area contributed by atoms with Crippen molar-refractivity contribution in [3.8, 4) is 5.75 Å². The molecule has 0 saturated heterocycles. The van der Waals surface area contributed by atoms with Crippen LogP contribution in [0.5, 0.6) is 5.75 Å². The van der Waals surface area contributed by atoms with Crippen molar-refractivity contribution in [1.82, 2.24) is 0 Å². The Morgan fingerprint density at radius 2 is 1.75 bits per heavy atom. The second-order valence-electron chi connectivity index (χ2n) is 5.38. The number of hydrogen-bond donors (Lipinski definition) is 0. The summed E-state index contributed by atoms with van der Waals surface area (Å²) < 4.78 is 5.16. The molecule has 1 unspecified atom stereocenters. The first-order chi connectivity index (χ1) is 9.59. The lowest BCUT2D eigenvalue weighted by Crippen LogP contribution is -2.27. The molecule has 0 aliphatic carbocycles. The molecule has 0 aliphatic heterocycles. The van der Waals surface area contributed by atoms with Gasteiger partial charge in [-0.25, -0.2) is 0 Å². The number of aryl methyl sites for hydroxylation is 1. The zero-order valence-electron chi connectivity index (χ0n) is 12.2. The van der Waals surface area contributed by atoms with Crippen LogP contribution in [0.4, 0.5) is 0 Å². The van der Waals surface area contributed by atoms with Crippen molar-refractivity contribution in [2.24, 2.45) is 0 Å². The van der Waals surface area contributed by atoms with Crippen molar-refractivity contribution in [3.63, 3.8) is 0 Å². The van der Waals surface area contributed by atoms with Crippen molar-refractivity contribution in [3.05, 3.63) is 65.2 Å². The van der Waals surface area contributed by atoms with Crippen molar-refractivity contribution in [2.75, 3.05) is 7.11 Å². The molecule has 0 aromatic heterocycles. The average molecular weight is 268 g/mol. The largest absolute Gasteiger partial charge is 0.497 e. The summed E-state index contributed by atoms with van der Waals surface area (Å²) in [5.74, 6) is 0.831. The lowest BCUT2D eigenvalue weighted by molar-refractivity contribution is -0.112. The molecule has 0 spiro atoms. The standard InChI is InChI=1S/C18H20O2/c1-14-6-4-5-7-17(14)18(2,13-19)12-15-8-10-16(20-3)11-9-15/h4-11,13H,12H2,1-3H3. The highest BCUT2D eigenvalue weighted by molar-refractivity contribution is 5.69. The number of hydrogen-bond acceptors (Lipinski definition) is 2. The summed E-state index contributed by atoms with van der Waals surface area (Å²) in [5.41, 5.74) is 2.87. The fourth-order valence-electron chi connectivity index (χ4n) is 2.58. The van der Waals surface area contributed by atoms with E-state index in [1.54, 1.807) is 7.11 Å². The Hall–Kier alpha value is -2.09. The summed E-state index contributed by atoms with van der Waals surface area (Å²) in [5, 5.41) is 0. The van der Waals surface area contributed by atoms with E-state index in [2.05, 4.69) is 0 Å². The molecule has 2 aromatic rings. The first-order valence-electron chi connectivity index (χ1n) is 6.74. The van der Waals surface area contributed by atoms with E-state index in [0.29, 0.717) is 6.42 Å². The van der Waals surface area contributed by atoms with Gasteiger partial charge in [0, 0.05) is 0 Å². The van der Waals surface area contributed by atoms with Gasteiger partial charge in [-0.3, -0.25) is 0 Å². The molecule has 0 aliphatic rings. The van der Waals surface area contributed by atoms with Gasteiger partial charge in [-0.05, 0) is 49.1 Å². The van der Waals surface area contributed by atoms with Crippen LogP contribution in [0.15, 0.2) is 48.5 Å². The number of carbonyl (C=O) groups is 1. The van der Waals surface area contributed by atoms with Gasteiger partial charge in [0.15, 0.2) is 0 Å². The van der Waals surface area contributed by atoms with E-state index < -0.39 is 5.41 Å². The second kappa shape index (κ2) is 5.91. The molecule has 0 heterocycles. The third-order valence-electron chi connectivity index (χ3n) is 3.75. The lowest BCUT2D eigenvalue weighted by atomic mass is 9.77. The summed E-state index contributed by atoms with van der Waals surface area (Å²) in [4.78, 5) is 11.7. The Balaban J connectivity index is 2.31. The van der Waals surface area contributed by atoms with Gasteiger partial charge in [-0.15, -0.1) is 0 Å². The van der Waals surface area contributed by atoms with Gasteiger partial charge in [-0.2, -0.15) is 0 Å². The second-order valence-corrected chi connectivity index (χ2v) is 5.38. The fraction of sp³-hybridized carbons (Fsp3) is 0.278. The van der Waals surface area contributed by atoms with Gasteiger partial charge >= 0.3 is 0 Å². The van der Waals surface area contributed by atoms with E-state index in [1.807, 2.05) is 62.4 Å². The molecule has 20 heavy (non-hydrogen) atoms. The predicted octanol–water partition coefficient (Wildman–Crippen LogP) is 3.70. The molecule has 0 N–H and O–H groups in total. The molecule has 1 atom stereocenters. The molecule has 2 heteroatoms. The van der Waals surface area contributed by atoms with E-state index in [0.717, 1.165) is 28.7 Å². The maximum Gasteiger partial charge on any atom is 0.130 e. The maximum atomic E-state index is 11.7. The lowest BCUT2D eigenvalue weighted by Gasteiger charge is -2.25. The van der Waals surface area contributed by atoms with Gasteiger partial charge in [-0.1, -0.05) is 36.4 Å². The number of benzene rings is 2. The van der Waals surface area contributed by atoms with Crippen molar-refractivity contribution < 1.29 is 9.53 Å². The predicted molar refractivity (Wildman–Crippen MR) is 81.3 cm³/mol. The number of ether oxygens (including phenoxy) is 1. The maximum absolute atomic E-state index is 11.7. The highest BCUT2D eigenvalue weighted by Crippen LogP contribution is 2.29. The minimum Gasteiger partial charge on any atom is -0.497 e. The zero-order valence-corrected chi connectivity index (χ0v) is 12.2. The van der Waals surface area contributed by atoms with Gasteiger partial charge in [0.05, 0.1) is 12.5 Å². The van der Waals surface area contributed by atoms with E-state index in [1.165, 1.54) is 0 Å². The Morgan fingerprint density at radius 1 is 1.10 bits per heavy atom. The molecule has 2 nitrogen and oxygen atoms in total. The van der Waals surface area contributed by atoms with Gasteiger partial charge in [0.1, 0.15) is 12.0 Å². The van der Waals surface area contributed by atoms with Crippen LogP contribution in [0.2, 0.25) is 0 Å². The third-order valence-corrected chi connectivity index (χ3v) is 3.75.